The lowest BCUT2D eigenvalue weighted by atomic mass is 9.85. The van der Waals surface area contributed by atoms with Crippen LogP contribution in [0.4, 0.5) is 19.1 Å². The molecule has 2 aliphatic rings. The smallest absolute Gasteiger partial charge is 0.475 e. The van der Waals surface area contributed by atoms with Gasteiger partial charge in [-0.2, -0.15) is 13.2 Å². The van der Waals surface area contributed by atoms with Crippen molar-refractivity contribution in [1.29, 1.82) is 0 Å². The Hall–Kier alpha value is -2.73. The van der Waals surface area contributed by atoms with Crippen molar-refractivity contribution in [2.75, 3.05) is 37.7 Å². The van der Waals surface area contributed by atoms with E-state index in [1.165, 1.54) is 5.56 Å². The number of aryl methyl sites for hydroxylation is 2. The maximum atomic E-state index is 10.6. The molecule has 32 heavy (non-hydrogen) atoms. The minimum Gasteiger partial charge on any atom is -0.475 e. The van der Waals surface area contributed by atoms with Crippen LogP contribution < -0.4 is 4.90 Å². The van der Waals surface area contributed by atoms with Crippen molar-refractivity contribution in [3.05, 3.63) is 35.5 Å². The summed E-state index contributed by atoms with van der Waals surface area (Å²) in [6, 6.07) is 1.86. The quantitative estimate of drug-likeness (QED) is 0.745. The Labute approximate surface area is 183 Å². The van der Waals surface area contributed by atoms with E-state index in [0.29, 0.717) is 0 Å². The molecule has 9 nitrogen and oxygen atoms in total. The summed E-state index contributed by atoms with van der Waals surface area (Å²) in [5.41, 5.74) is 2.30. The van der Waals surface area contributed by atoms with E-state index < -0.39 is 12.1 Å². The van der Waals surface area contributed by atoms with Gasteiger partial charge in [0.1, 0.15) is 5.76 Å². The van der Waals surface area contributed by atoms with Crippen LogP contribution in [0.5, 0.6) is 0 Å². The zero-order valence-electron chi connectivity index (χ0n) is 17.9. The first kappa shape index (κ1) is 23.9. The molecule has 2 aromatic rings. The molecule has 0 bridgehead atoms. The van der Waals surface area contributed by atoms with Crippen molar-refractivity contribution in [3.8, 4) is 0 Å². The first-order valence-corrected chi connectivity index (χ1v) is 10.2. The number of rotatable bonds is 3. The summed E-state index contributed by atoms with van der Waals surface area (Å²) in [4.78, 5) is 22.5. The Bertz CT molecular complexity index is 879. The molecular formula is C20H26F3N5O4. The summed E-state index contributed by atoms with van der Waals surface area (Å²) in [5, 5.41) is 11.2. The lowest BCUT2D eigenvalue weighted by molar-refractivity contribution is -0.192. The molecule has 0 atom stereocenters. The monoisotopic (exact) mass is 457 g/mol. The van der Waals surface area contributed by atoms with Gasteiger partial charge in [-0.3, -0.25) is 4.90 Å². The Morgan fingerprint density at radius 3 is 2.34 bits per heavy atom. The number of ether oxygens (including phenoxy) is 1. The van der Waals surface area contributed by atoms with Crippen LogP contribution >= 0.6 is 0 Å². The molecule has 2 aromatic heterocycles. The molecule has 0 saturated carbocycles. The molecule has 1 N–H and O–H groups in total. The average molecular weight is 457 g/mol. The number of aromatic nitrogens is 3. The second-order valence-electron chi connectivity index (χ2n) is 7.84. The van der Waals surface area contributed by atoms with Gasteiger partial charge in [0.2, 0.25) is 5.95 Å². The van der Waals surface area contributed by atoms with E-state index in [9.17, 15) is 13.2 Å². The largest absolute Gasteiger partial charge is 0.490 e. The predicted molar refractivity (Wildman–Crippen MR) is 107 cm³/mol. The van der Waals surface area contributed by atoms with Crippen molar-refractivity contribution >= 4 is 11.9 Å². The fraction of sp³-hybridized carbons (Fsp3) is 0.600. The molecule has 1 spiro atoms. The van der Waals surface area contributed by atoms with Crippen LogP contribution in [0, 0.1) is 13.8 Å². The van der Waals surface area contributed by atoms with Crippen LogP contribution in [0.2, 0.25) is 0 Å². The minimum atomic E-state index is -5.08. The Morgan fingerprint density at radius 1 is 1.19 bits per heavy atom. The standard InChI is InChI=1S/C18H25N5O2.C2HF3O2/c1-14-16(15(2)25-21-14)12-23-10-11-24-13-18(23)4-8-22(9-5-18)17-19-6-3-7-20-17;3-2(4,5)1(6)7/h3,6-7H,4-5,8-13H2,1-2H3;(H,6,7). The highest BCUT2D eigenvalue weighted by molar-refractivity contribution is 5.73. The summed E-state index contributed by atoms with van der Waals surface area (Å²) >= 11 is 0. The third-order valence-corrected chi connectivity index (χ3v) is 5.85. The number of carboxylic acids is 1. The lowest BCUT2D eigenvalue weighted by Crippen LogP contribution is -2.61. The molecule has 4 rings (SSSR count). The van der Waals surface area contributed by atoms with E-state index in [4.69, 9.17) is 19.2 Å². The highest BCUT2D eigenvalue weighted by Crippen LogP contribution is 2.34. The molecule has 176 valence electrons. The summed E-state index contributed by atoms with van der Waals surface area (Å²) in [6.45, 7) is 9.33. The van der Waals surface area contributed by atoms with Crippen LogP contribution in [0.15, 0.2) is 23.0 Å². The highest BCUT2D eigenvalue weighted by atomic mass is 19.4. The summed E-state index contributed by atoms with van der Waals surface area (Å²) in [7, 11) is 0. The molecule has 0 unspecified atom stereocenters. The second kappa shape index (κ2) is 9.82. The van der Waals surface area contributed by atoms with E-state index in [0.717, 1.165) is 69.6 Å². The SMILES string of the molecule is Cc1noc(C)c1CN1CCOCC12CCN(c1ncccn1)CC2.O=C(O)C(F)(F)F. The highest BCUT2D eigenvalue weighted by Gasteiger charge is 2.43. The molecule has 4 heterocycles. The Kier molecular flexibility index (Phi) is 7.34. The van der Waals surface area contributed by atoms with Gasteiger partial charge in [-0.25, -0.2) is 14.8 Å². The van der Waals surface area contributed by atoms with E-state index >= 15 is 0 Å². The normalized spacial score (nSPS) is 18.8. The number of piperidine rings is 1. The van der Waals surface area contributed by atoms with Gasteiger partial charge in [0.15, 0.2) is 0 Å². The zero-order chi connectivity index (χ0) is 23.4. The fourth-order valence-electron chi connectivity index (χ4n) is 3.97. The first-order chi connectivity index (χ1) is 15.1. The van der Waals surface area contributed by atoms with Gasteiger partial charge in [-0.05, 0) is 32.8 Å². The second-order valence-corrected chi connectivity index (χ2v) is 7.84. The van der Waals surface area contributed by atoms with Crippen LogP contribution in [0.1, 0.15) is 29.9 Å². The molecule has 0 aliphatic carbocycles. The molecule has 2 saturated heterocycles. The molecule has 0 aromatic carbocycles. The van der Waals surface area contributed by atoms with Gasteiger partial charge in [0, 0.05) is 49.7 Å². The van der Waals surface area contributed by atoms with Crippen molar-refractivity contribution in [2.45, 2.75) is 44.9 Å². The third kappa shape index (κ3) is 5.54. The summed E-state index contributed by atoms with van der Waals surface area (Å²) in [5.74, 6) is -1.01. The molecule has 0 radical (unpaired) electrons. The number of alkyl halides is 3. The molecular weight excluding hydrogens is 431 g/mol. The maximum Gasteiger partial charge on any atom is 0.490 e. The number of nitrogens with zero attached hydrogens (tertiary/aromatic N) is 5. The number of hydrogen-bond donors (Lipinski definition) is 1. The summed E-state index contributed by atoms with van der Waals surface area (Å²) in [6.07, 6.45) is 0.629. The van der Waals surface area contributed by atoms with E-state index in [-0.39, 0.29) is 5.54 Å². The van der Waals surface area contributed by atoms with Gasteiger partial charge in [-0.1, -0.05) is 5.16 Å². The van der Waals surface area contributed by atoms with E-state index in [1.807, 2.05) is 19.9 Å². The molecule has 2 fully saturated rings. The lowest BCUT2D eigenvalue weighted by Gasteiger charge is -2.51. The summed E-state index contributed by atoms with van der Waals surface area (Å²) < 4.78 is 43.0. The number of aliphatic carboxylic acids is 1. The van der Waals surface area contributed by atoms with E-state index in [2.05, 4.69) is 24.9 Å². The van der Waals surface area contributed by atoms with E-state index in [1.54, 1.807) is 12.4 Å². The van der Waals surface area contributed by atoms with Crippen LogP contribution in [-0.4, -0.2) is 75.7 Å². The van der Waals surface area contributed by atoms with Crippen molar-refractivity contribution < 1.29 is 32.3 Å². The molecule has 12 heteroatoms. The van der Waals surface area contributed by atoms with Crippen LogP contribution in [0.25, 0.3) is 0 Å². The third-order valence-electron chi connectivity index (χ3n) is 5.85. The Morgan fingerprint density at radius 2 is 1.81 bits per heavy atom. The first-order valence-electron chi connectivity index (χ1n) is 10.2. The van der Waals surface area contributed by atoms with Gasteiger partial charge in [0.25, 0.3) is 0 Å². The predicted octanol–water partition coefficient (Wildman–Crippen LogP) is 2.59. The molecule has 0 amide bonds. The van der Waals surface area contributed by atoms with Crippen molar-refractivity contribution in [2.24, 2.45) is 0 Å². The average Bonchev–Trinajstić information content (AvgIpc) is 3.08. The van der Waals surface area contributed by atoms with Gasteiger partial charge < -0.3 is 19.3 Å². The van der Waals surface area contributed by atoms with Gasteiger partial charge in [-0.15, -0.1) is 0 Å². The number of hydrogen-bond acceptors (Lipinski definition) is 8. The fourth-order valence-corrected chi connectivity index (χ4v) is 3.97. The number of halogens is 3. The molecule has 2 aliphatic heterocycles. The van der Waals surface area contributed by atoms with Gasteiger partial charge in [0.05, 0.1) is 18.9 Å². The van der Waals surface area contributed by atoms with Gasteiger partial charge >= 0.3 is 12.1 Å². The Balaban J connectivity index is 0.000000360. The topological polar surface area (TPSA) is 105 Å². The number of anilines is 1. The number of morpholine rings is 1. The van der Waals surface area contributed by atoms with Crippen molar-refractivity contribution in [1.82, 2.24) is 20.0 Å². The zero-order valence-corrected chi connectivity index (χ0v) is 17.9. The van der Waals surface area contributed by atoms with Crippen LogP contribution in [0.3, 0.4) is 0 Å². The van der Waals surface area contributed by atoms with Crippen molar-refractivity contribution in [3.63, 3.8) is 0 Å². The maximum absolute atomic E-state index is 10.6. The number of carbonyl (C=O) groups is 1. The minimum absolute atomic E-state index is 0.0830. The van der Waals surface area contributed by atoms with Crippen LogP contribution in [-0.2, 0) is 16.1 Å². The number of carboxylic acid groups (broad SMARTS) is 1.